The van der Waals surface area contributed by atoms with Gasteiger partial charge in [0, 0.05) is 25.9 Å². The first kappa shape index (κ1) is 11.7. The van der Waals surface area contributed by atoms with E-state index >= 15 is 0 Å². The molecule has 4 aliphatic carbocycles. The van der Waals surface area contributed by atoms with E-state index < -0.39 is 0 Å². The number of Topliss-reactive ketones (excluding diaryl/α,β-unsaturated/α-hetero) is 1. The van der Waals surface area contributed by atoms with Crippen molar-refractivity contribution in [2.45, 2.75) is 44.9 Å². The van der Waals surface area contributed by atoms with E-state index in [1.165, 1.54) is 38.5 Å². The zero-order valence-corrected chi connectivity index (χ0v) is 11.6. The molecular formula is C16H22N2O. The zero-order valence-electron chi connectivity index (χ0n) is 11.6. The van der Waals surface area contributed by atoms with Crippen LogP contribution in [0.2, 0.25) is 0 Å². The van der Waals surface area contributed by atoms with Crippen molar-refractivity contribution in [3.63, 3.8) is 0 Å². The number of carbonyl (C=O) groups is 1. The topological polar surface area (TPSA) is 34.9 Å². The Bertz CT molecular complexity index is 481. The highest BCUT2D eigenvalue weighted by atomic mass is 16.1. The Morgan fingerprint density at radius 1 is 1.26 bits per heavy atom. The summed E-state index contributed by atoms with van der Waals surface area (Å²) in [5.74, 6) is 3.66. The maximum absolute atomic E-state index is 12.5. The molecule has 4 aliphatic rings. The Hall–Kier alpha value is -1.12. The largest absolute Gasteiger partial charge is 0.332 e. The molecule has 3 nitrogen and oxygen atoms in total. The molecule has 0 aliphatic heterocycles. The highest BCUT2D eigenvalue weighted by molar-refractivity contribution is 5.93. The Balaban J connectivity index is 1.56. The van der Waals surface area contributed by atoms with Gasteiger partial charge in [0.15, 0.2) is 11.6 Å². The van der Waals surface area contributed by atoms with Gasteiger partial charge in [-0.05, 0) is 61.7 Å². The van der Waals surface area contributed by atoms with Gasteiger partial charge < -0.3 is 4.57 Å². The van der Waals surface area contributed by atoms with E-state index in [2.05, 4.69) is 4.98 Å². The number of nitrogens with zero attached hydrogens (tertiary/aromatic N) is 2. The summed E-state index contributed by atoms with van der Waals surface area (Å²) in [7, 11) is 1.92. The van der Waals surface area contributed by atoms with Crippen molar-refractivity contribution < 1.29 is 4.79 Å². The summed E-state index contributed by atoms with van der Waals surface area (Å²) in [6, 6.07) is 0. The molecule has 102 valence electrons. The number of carbonyl (C=O) groups excluding carboxylic acids is 1. The van der Waals surface area contributed by atoms with Crippen molar-refractivity contribution >= 4 is 5.78 Å². The van der Waals surface area contributed by atoms with Crippen LogP contribution in [-0.4, -0.2) is 15.3 Å². The molecule has 1 heterocycles. The lowest BCUT2D eigenvalue weighted by molar-refractivity contribution is -0.0525. The maximum Gasteiger partial charge on any atom is 0.198 e. The molecule has 0 spiro atoms. The summed E-state index contributed by atoms with van der Waals surface area (Å²) < 4.78 is 1.86. The number of ketones is 1. The number of aromatic nitrogens is 2. The Morgan fingerprint density at radius 3 is 2.32 bits per heavy atom. The van der Waals surface area contributed by atoms with Crippen LogP contribution in [0.15, 0.2) is 12.4 Å². The van der Waals surface area contributed by atoms with Gasteiger partial charge >= 0.3 is 0 Å². The SMILES string of the molecule is Cn1ccnc1C(=O)CC12CC3CC(CC(C3)C1)C2. The summed E-state index contributed by atoms with van der Waals surface area (Å²) in [6.45, 7) is 0. The van der Waals surface area contributed by atoms with Crippen molar-refractivity contribution in [2.24, 2.45) is 30.2 Å². The Morgan fingerprint density at radius 2 is 1.84 bits per heavy atom. The minimum atomic E-state index is 0.259. The van der Waals surface area contributed by atoms with Crippen molar-refractivity contribution in [1.82, 2.24) is 9.55 Å². The molecule has 1 aromatic rings. The van der Waals surface area contributed by atoms with Crippen molar-refractivity contribution in [1.29, 1.82) is 0 Å². The minimum absolute atomic E-state index is 0.259. The molecule has 0 aromatic carbocycles. The summed E-state index contributed by atoms with van der Waals surface area (Å²) in [6.07, 6.45) is 12.6. The average Bonchev–Trinajstić information content (AvgIpc) is 2.72. The molecular weight excluding hydrogens is 236 g/mol. The smallest absolute Gasteiger partial charge is 0.198 e. The van der Waals surface area contributed by atoms with Gasteiger partial charge in [0.05, 0.1) is 0 Å². The molecule has 0 atom stereocenters. The Labute approximate surface area is 114 Å². The number of aryl methyl sites for hydroxylation is 1. The van der Waals surface area contributed by atoms with Gasteiger partial charge in [0.2, 0.25) is 0 Å². The first-order chi connectivity index (χ1) is 9.13. The van der Waals surface area contributed by atoms with E-state index in [9.17, 15) is 4.79 Å². The molecule has 5 rings (SSSR count). The second kappa shape index (κ2) is 3.94. The van der Waals surface area contributed by atoms with Gasteiger partial charge in [0.25, 0.3) is 0 Å². The van der Waals surface area contributed by atoms with Crippen LogP contribution < -0.4 is 0 Å². The second-order valence-electron chi connectivity index (χ2n) is 7.38. The van der Waals surface area contributed by atoms with Gasteiger partial charge in [-0.1, -0.05) is 0 Å². The number of hydrogen-bond donors (Lipinski definition) is 0. The second-order valence-corrected chi connectivity index (χ2v) is 7.38. The molecule has 4 fully saturated rings. The molecule has 0 amide bonds. The van der Waals surface area contributed by atoms with Crippen molar-refractivity contribution in [3.05, 3.63) is 18.2 Å². The first-order valence-electron chi connectivity index (χ1n) is 7.64. The summed E-state index contributed by atoms with van der Waals surface area (Å²) in [5, 5.41) is 0. The van der Waals surface area contributed by atoms with Crippen LogP contribution in [0.4, 0.5) is 0 Å². The summed E-state index contributed by atoms with van der Waals surface area (Å²) in [5.41, 5.74) is 0.331. The van der Waals surface area contributed by atoms with Gasteiger partial charge in [-0.25, -0.2) is 4.98 Å². The van der Waals surface area contributed by atoms with Crippen LogP contribution in [0, 0.1) is 23.2 Å². The highest BCUT2D eigenvalue weighted by Crippen LogP contribution is 2.61. The lowest BCUT2D eigenvalue weighted by Crippen LogP contribution is -2.47. The molecule has 0 unspecified atom stereocenters. The molecule has 4 saturated carbocycles. The third-order valence-corrected chi connectivity index (χ3v) is 5.77. The monoisotopic (exact) mass is 258 g/mol. The quantitative estimate of drug-likeness (QED) is 0.780. The van der Waals surface area contributed by atoms with Crippen LogP contribution >= 0.6 is 0 Å². The zero-order chi connectivity index (χ0) is 13.0. The fourth-order valence-electron chi connectivity index (χ4n) is 5.56. The molecule has 0 saturated heterocycles. The van der Waals surface area contributed by atoms with Crippen LogP contribution in [0.1, 0.15) is 55.6 Å². The van der Waals surface area contributed by atoms with E-state index in [0.717, 1.165) is 24.2 Å². The average molecular weight is 258 g/mol. The molecule has 4 bridgehead atoms. The Kier molecular flexibility index (Phi) is 2.42. The van der Waals surface area contributed by atoms with Crippen LogP contribution in [0.5, 0.6) is 0 Å². The summed E-state index contributed by atoms with van der Waals surface area (Å²) in [4.78, 5) is 16.8. The van der Waals surface area contributed by atoms with Gasteiger partial charge in [-0.3, -0.25) is 4.79 Å². The third-order valence-electron chi connectivity index (χ3n) is 5.77. The molecule has 3 heteroatoms. The number of hydrogen-bond acceptors (Lipinski definition) is 2. The highest BCUT2D eigenvalue weighted by Gasteiger charge is 2.51. The van der Waals surface area contributed by atoms with E-state index in [0.29, 0.717) is 11.2 Å². The van der Waals surface area contributed by atoms with Gasteiger partial charge in [0.1, 0.15) is 0 Å². The summed E-state index contributed by atoms with van der Waals surface area (Å²) >= 11 is 0. The van der Waals surface area contributed by atoms with Crippen LogP contribution in [0.3, 0.4) is 0 Å². The fourth-order valence-corrected chi connectivity index (χ4v) is 5.56. The lowest BCUT2D eigenvalue weighted by atomic mass is 9.48. The van der Waals surface area contributed by atoms with Crippen molar-refractivity contribution in [2.75, 3.05) is 0 Å². The molecule has 0 N–H and O–H groups in total. The lowest BCUT2D eigenvalue weighted by Gasteiger charge is -2.56. The van der Waals surface area contributed by atoms with Crippen LogP contribution in [-0.2, 0) is 7.05 Å². The molecule has 1 aromatic heterocycles. The number of imidazole rings is 1. The molecule has 0 radical (unpaired) electrons. The van der Waals surface area contributed by atoms with Crippen LogP contribution in [0.25, 0.3) is 0 Å². The van der Waals surface area contributed by atoms with E-state index in [1.807, 2.05) is 17.8 Å². The van der Waals surface area contributed by atoms with E-state index in [4.69, 9.17) is 0 Å². The fraction of sp³-hybridized carbons (Fsp3) is 0.750. The standard InChI is InChI=1S/C16H22N2O/c1-18-3-2-17-15(18)14(19)10-16-7-11-4-12(8-16)6-13(5-11)9-16/h2-3,11-13H,4-10H2,1H3. The van der Waals surface area contributed by atoms with E-state index in [1.54, 1.807) is 6.20 Å². The van der Waals surface area contributed by atoms with Crippen molar-refractivity contribution in [3.8, 4) is 0 Å². The first-order valence-corrected chi connectivity index (χ1v) is 7.64. The normalized spacial score (nSPS) is 39.7. The molecule has 19 heavy (non-hydrogen) atoms. The minimum Gasteiger partial charge on any atom is -0.332 e. The third kappa shape index (κ3) is 1.86. The predicted molar refractivity (Wildman–Crippen MR) is 72.8 cm³/mol. The van der Waals surface area contributed by atoms with Gasteiger partial charge in [-0.2, -0.15) is 0 Å². The van der Waals surface area contributed by atoms with Gasteiger partial charge in [-0.15, -0.1) is 0 Å². The predicted octanol–water partition coefficient (Wildman–Crippen LogP) is 3.21. The maximum atomic E-state index is 12.5. The van der Waals surface area contributed by atoms with E-state index in [-0.39, 0.29) is 5.78 Å². The number of rotatable bonds is 3.